The van der Waals surface area contributed by atoms with Gasteiger partial charge >= 0.3 is 0 Å². The van der Waals surface area contributed by atoms with Gasteiger partial charge in [0, 0.05) is 17.0 Å². The van der Waals surface area contributed by atoms with Gasteiger partial charge in [-0.1, -0.05) is 13.0 Å². The van der Waals surface area contributed by atoms with Crippen molar-refractivity contribution in [2.75, 3.05) is 5.73 Å². The van der Waals surface area contributed by atoms with Crippen molar-refractivity contribution in [3.8, 4) is 0 Å². The van der Waals surface area contributed by atoms with Crippen LogP contribution in [0.4, 0.5) is 14.7 Å². The second-order valence-corrected chi connectivity index (χ2v) is 5.51. The van der Waals surface area contributed by atoms with Crippen LogP contribution >= 0.6 is 11.3 Å². The normalized spacial score (nSPS) is 12.9. The number of nitrogen functional groups attached to an aromatic ring is 1. The number of rotatable bonds is 3. The number of fused-ring (bicyclic) bond motifs is 1. The van der Waals surface area contributed by atoms with E-state index >= 15 is 0 Å². The Morgan fingerprint density at radius 2 is 2.20 bits per heavy atom. The molecular weight excluding hydrogens is 280 g/mol. The molecule has 6 heteroatoms. The van der Waals surface area contributed by atoms with Crippen molar-refractivity contribution < 1.29 is 8.78 Å². The number of nitrogens with two attached hydrogens (primary N) is 1. The van der Waals surface area contributed by atoms with Gasteiger partial charge in [-0.3, -0.25) is 0 Å². The average Bonchev–Trinajstić information content (AvgIpc) is 3.01. The van der Waals surface area contributed by atoms with E-state index in [-0.39, 0.29) is 17.5 Å². The molecule has 20 heavy (non-hydrogen) atoms. The van der Waals surface area contributed by atoms with Gasteiger partial charge in [-0.2, -0.15) is 0 Å². The van der Waals surface area contributed by atoms with Gasteiger partial charge in [0.2, 0.25) is 5.95 Å². The van der Waals surface area contributed by atoms with Crippen LogP contribution in [0.3, 0.4) is 0 Å². The Bertz CT molecular complexity index is 749. The summed E-state index contributed by atoms with van der Waals surface area (Å²) >= 11 is 1.59. The molecule has 2 heterocycles. The van der Waals surface area contributed by atoms with Crippen molar-refractivity contribution >= 4 is 28.3 Å². The van der Waals surface area contributed by atoms with Crippen LogP contribution in [0.1, 0.15) is 24.3 Å². The molecule has 1 aromatic carbocycles. The van der Waals surface area contributed by atoms with Gasteiger partial charge in [0.25, 0.3) is 0 Å². The van der Waals surface area contributed by atoms with Crippen LogP contribution in [0.25, 0.3) is 11.0 Å². The molecule has 0 aliphatic heterocycles. The molecule has 0 fully saturated rings. The summed E-state index contributed by atoms with van der Waals surface area (Å²) in [5, 5.41) is 1.97. The van der Waals surface area contributed by atoms with E-state index in [1.165, 1.54) is 6.07 Å². The number of hydrogen-bond donors (Lipinski definition) is 1. The molecule has 0 saturated heterocycles. The quantitative estimate of drug-likeness (QED) is 0.794. The van der Waals surface area contributed by atoms with Crippen LogP contribution < -0.4 is 5.73 Å². The fourth-order valence-corrected chi connectivity index (χ4v) is 3.36. The molecule has 1 unspecified atom stereocenters. The van der Waals surface area contributed by atoms with Crippen molar-refractivity contribution in [2.45, 2.75) is 19.4 Å². The molecule has 0 aliphatic carbocycles. The van der Waals surface area contributed by atoms with Crippen LogP contribution in [-0.4, -0.2) is 9.55 Å². The van der Waals surface area contributed by atoms with Gasteiger partial charge in [-0.25, -0.2) is 13.8 Å². The zero-order valence-corrected chi connectivity index (χ0v) is 11.6. The maximum Gasteiger partial charge on any atom is 0.201 e. The van der Waals surface area contributed by atoms with E-state index in [1.807, 2.05) is 24.4 Å². The van der Waals surface area contributed by atoms with Crippen molar-refractivity contribution in [3.05, 3.63) is 46.2 Å². The second kappa shape index (κ2) is 4.86. The average molecular weight is 293 g/mol. The van der Waals surface area contributed by atoms with Gasteiger partial charge in [0.05, 0.1) is 11.6 Å². The number of halogens is 2. The Kier molecular flexibility index (Phi) is 3.17. The van der Waals surface area contributed by atoms with E-state index in [1.54, 1.807) is 15.9 Å². The van der Waals surface area contributed by atoms with Crippen molar-refractivity contribution in [1.82, 2.24) is 9.55 Å². The first-order chi connectivity index (χ1) is 9.61. The highest BCUT2D eigenvalue weighted by atomic mass is 32.1. The highest BCUT2D eigenvalue weighted by molar-refractivity contribution is 7.10. The number of anilines is 1. The maximum absolute atomic E-state index is 13.8. The molecule has 0 bridgehead atoms. The molecule has 0 aliphatic rings. The molecule has 0 spiro atoms. The lowest BCUT2D eigenvalue weighted by atomic mass is 10.1. The Hall–Kier alpha value is -1.95. The molecule has 3 nitrogen and oxygen atoms in total. The lowest BCUT2D eigenvalue weighted by Crippen LogP contribution is -2.11. The van der Waals surface area contributed by atoms with Crippen LogP contribution in [0.5, 0.6) is 0 Å². The molecule has 1 atom stereocenters. The van der Waals surface area contributed by atoms with E-state index in [9.17, 15) is 8.78 Å². The second-order valence-electron chi connectivity index (χ2n) is 4.53. The van der Waals surface area contributed by atoms with Gasteiger partial charge in [-0.15, -0.1) is 11.3 Å². The molecular formula is C14H13F2N3S. The molecule has 3 rings (SSSR count). The van der Waals surface area contributed by atoms with E-state index in [4.69, 9.17) is 5.73 Å². The monoisotopic (exact) mass is 293 g/mol. The summed E-state index contributed by atoms with van der Waals surface area (Å²) in [5.41, 5.74) is 6.42. The summed E-state index contributed by atoms with van der Waals surface area (Å²) < 4.78 is 29.0. The standard InChI is InChI=1S/C14H13F2N3S/c1-2-10(12-4-3-5-20-12)19-11-7-8(15)6-9(16)13(11)18-14(19)17/h3-7,10H,2H2,1H3,(H2,17,18). The Labute approximate surface area is 118 Å². The molecule has 0 radical (unpaired) electrons. The third-order valence-electron chi connectivity index (χ3n) is 3.31. The van der Waals surface area contributed by atoms with Crippen molar-refractivity contribution in [2.24, 2.45) is 0 Å². The molecule has 3 aromatic rings. The van der Waals surface area contributed by atoms with Crippen LogP contribution in [0, 0.1) is 11.6 Å². The number of imidazole rings is 1. The Morgan fingerprint density at radius 1 is 1.40 bits per heavy atom. The van der Waals surface area contributed by atoms with E-state index in [0.717, 1.165) is 17.4 Å². The number of benzene rings is 1. The lowest BCUT2D eigenvalue weighted by Gasteiger charge is -2.17. The number of thiophene rings is 1. The fourth-order valence-electron chi connectivity index (χ4n) is 2.46. The Morgan fingerprint density at radius 3 is 2.85 bits per heavy atom. The summed E-state index contributed by atoms with van der Waals surface area (Å²) in [7, 11) is 0. The molecule has 0 saturated carbocycles. The SMILES string of the molecule is CCC(c1cccs1)n1c(N)nc2c(F)cc(F)cc21. The van der Waals surface area contributed by atoms with Crippen LogP contribution in [0.15, 0.2) is 29.6 Å². The number of aromatic nitrogens is 2. The maximum atomic E-state index is 13.8. The number of hydrogen-bond acceptors (Lipinski definition) is 3. The zero-order valence-electron chi connectivity index (χ0n) is 10.8. The van der Waals surface area contributed by atoms with Crippen molar-refractivity contribution in [1.29, 1.82) is 0 Å². The molecule has 2 N–H and O–H groups in total. The minimum atomic E-state index is -0.688. The fraction of sp³-hybridized carbons (Fsp3) is 0.214. The minimum Gasteiger partial charge on any atom is -0.369 e. The van der Waals surface area contributed by atoms with Crippen LogP contribution in [-0.2, 0) is 0 Å². The molecule has 104 valence electrons. The minimum absolute atomic E-state index is 0.0683. The van der Waals surface area contributed by atoms with Gasteiger partial charge in [-0.05, 0) is 17.9 Å². The largest absolute Gasteiger partial charge is 0.369 e. The first-order valence-electron chi connectivity index (χ1n) is 6.27. The van der Waals surface area contributed by atoms with Crippen LogP contribution in [0.2, 0.25) is 0 Å². The Balaban J connectivity index is 2.27. The first-order valence-corrected chi connectivity index (χ1v) is 7.15. The third kappa shape index (κ3) is 1.96. The molecule has 0 amide bonds. The smallest absolute Gasteiger partial charge is 0.201 e. The first kappa shape index (κ1) is 13.1. The predicted molar refractivity (Wildman–Crippen MR) is 76.8 cm³/mol. The summed E-state index contributed by atoms with van der Waals surface area (Å²) in [6, 6.07) is 5.96. The van der Waals surface area contributed by atoms with Crippen molar-refractivity contribution in [3.63, 3.8) is 0 Å². The number of nitrogens with zero attached hydrogens (tertiary/aromatic N) is 2. The van der Waals surface area contributed by atoms with Gasteiger partial charge in [0.1, 0.15) is 11.3 Å². The van der Waals surface area contributed by atoms with E-state index in [2.05, 4.69) is 4.98 Å². The highest BCUT2D eigenvalue weighted by Crippen LogP contribution is 2.33. The highest BCUT2D eigenvalue weighted by Gasteiger charge is 2.21. The van der Waals surface area contributed by atoms with E-state index in [0.29, 0.717) is 5.52 Å². The summed E-state index contributed by atoms with van der Waals surface area (Å²) in [6.45, 7) is 2.01. The van der Waals surface area contributed by atoms with E-state index < -0.39 is 11.6 Å². The predicted octanol–water partition coefficient (Wildman–Crippen LogP) is 3.96. The summed E-state index contributed by atoms with van der Waals surface area (Å²) in [5.74, 6) is -1.12. The third-order valence-corrected chi connectivity index (χ3v) is 4.28. The zero-order chi connectivity index (χ0) is 14.3. The van der Waals surface area contributed by atoms with Gasteiger partial charge < -0.3 is 10.3 Å². The summed E-state index contributed by atoms with van der Waals surface area (Å²) in [4.78, 5) is 5.12. The lowest BCUT2D eigenvalue weighted by molar-refractivity contribution is 0.582. The topological polar surface area (TPSA) is 43.8 Å². The van der Waals surface area contributed by atoms with Gasteiger partial charge in [0.15, 0.2) is 5.82 Å². The molecule has 2 aromatic heterocycles. The summed E-state index contributed by atoms with van der Waals surface area (Å²) in [6.07, 6.45) is 0.758.